The van der Waals surface area contributed by atoms with Crippen LogP contribution in [0.3, 0.4) is 0 Å². The third kappa shape index (κ3) is 3.75. The Kier molecular flexibility index (Phi) is 5.71. The Bertz CT molecular complexity index is 1860. The minimum atomic E-state index is -4.14. The average molecular weight is 543 g/mol. The molecule has 0 unspecified atom stereocenters. The molecule has 7 nitrogen and oxygen atoms in total. The van der Waals surface area contributed by atoms with E-state index in [2.05, 4.69) is 0 Å². The maximum atomic E-state index is 13.9. The molecule has 0 atom stereocenters. The first-order chi connectivity index (χ1) is 18.3. The van der Waals surface area contributed by atoms with E-state index in [0.717, 1.165) is 7.94 Å². The smallest absolute Gasteiger partial charge is 0.268 e. The van der Waals surface area contributed by atoms with Gasteiger partial charge in [0.1, 0.15) is 6.10 Å². The van der Waals surface area contributed by atoms with Crippen LogP contribution in [0.4, 0.5) is 0 Å². The molecular formula is C29H22N2O5S2. The number of nitrogens with zero attached hydrogens (tertiary/aromatic N) is 2. The van der Waals surface area contributed by atoms with Crippen molar-refractivity contribution in [3.8, 4) is 0 Å². The Morgan fingerprint density at radius 1 is 0.500 bits per heavy atom. The predicted octanol–water partition coefficient (Wildman–Crippen LogP) is 5.15. The van der Waals surface area contributed by atoms with Gasteiger partial charge in [0.2, 0.25) is 0 Å². The highest BCUT2D eigenvalue weighted by molar-refractivity contribution is 7.90. The molecule has 9 heteroatoms. The van der Waals surface area contributed by atoms with E-state index in [9.17, 15) is 21.9 Å². The Morgan fingerprint density at radius 2 is 0.842 bits per heavy atom. The third-order valence-electron chi connectivity index (χ3n) is 6.51. The van der Waals surface area contributed by atoms with Crippen LogP contribution in [0.5, 0.6) is 0 Å². The molecule has 0 saturated heterocycles. The van der Waals surface area contributed by atoms with Gasteiger partial charge in [0.15, 0.2) is 0 Å². The summed E-state index contributed by atoms with van der Waals surface area (Å²) in [5, 5.41) is 13.0. The first-order valence-electron chi connectivity index (χ1n) is 11.8. The largest absolute Gasteiger partial charge is 0.380 e. The van der Waals surface area contributed by atoms with Crippen LogP contribution >= 0.6 is 0 Å². The standard InChI is InChI=1S/C29H22N2O5S2/c32-29(27-19-21-11-7-9-17-25(21)30(27)37(33,34)23-13-3-1-4-14-23)28-20-22-12-8-10-18-26(22)31(28)38(35,36)24-15-5-2-6-16-24/h1-20,29,32H. The molecule has 0 aliphatic heterocycles. The van der Waals surface area contributed by atoms with E-state index >= 15 is 0 Å². The average Bonchev–Trinajstić information content (AvgIpc) is 3.54. The summed E-state index contributed by atoms with van der Waals surface area (Å²) in [6.07, 6.45) is -1.59. The Labute approximate surface area is 219 Å². The zero-order valence-corrected chi connectivity index (χ0v) is 21.5. The summed E-state index contributed by atoms with van der Waals surface area (Å²) >= 11 is 0. The maximum absolute atomic E-state index is 13.9. The van der Waals surface area contributed by atoms with Gasteiger partial charge in [0.25, 0.3) is 20.0 Å². The van der Waals surface area contributed by atoms with Crippen molar-refractivity contribution in [1.29, 1.82) is 0 Å². The van der Waals surface area contributed by atoms with Crippen LogP contribution in [0.15, 0.2) is 131 Å². The normalized spacial score (nSPS) is 12.5. The highest BCUT2D eigenvalue weighted by Gasteiger charge is 2.32. The van der Waals surface area contributed by atoms with Crippen molar-refractivity contribution in [2.45, 2.75) is 15.9 Å². The maximum Gasteiger partial charge on any atom is 0.268 e. The Morgan fingerprint density at radius 3 is 1.24 bits per heavy atom. The van der Waals surface area contributed by atoms with Crippen LogP contribution in [-0.2, 0) is 20.0 Å². The second-order valence-electron chi connectivity index (χ2n) is 8.82. The summed E-state index contributed by atoms with van der Waals surface area (Å²) in [6, 6.07) is 32.8. The summed E-state index contributed by atoms with van der Waals surface area (Å²) in [5.41, 5.74) is 0.808. The van der Waals surface area contributed by atoms with Gasteiger partial charge in [-0.2, -0.15) is 0 Å². The van der Waals surface area contributed by atoms with Crippen molar-refractivity contribution >= 4 is 41.9 Å². The lowest BCUT2D eigenvalue weighted by Gasteiger charge is -2.19. The number of hydrogen-bond donors (Lipinski definition) is 1. The molecule has 0 fully saturated rings. The molecule has 2 aromatic heterocycles. The van der Waals surface area contributed by atoms with Gasteiger partial charge in [-0.15, -0.1) is 0 Å². The fourth-order valence-electron chi connectivity index (χ4n) is 4.77. The number of rotatable bonds is 6. The molecule has 6 rings (SSSR count). The van der Waals surface area contributed by atoms with Crippen LogP contribution in [0.25, 0.3) is 21.8 Å². The highest BCUT2D eigenvalue weighted by Crippen LogP contribution is 2.36. The lowest BCUT2D eigenvalue weighted by molar-refractivity contribution is 0.209. The fraction of sp³-hybridized carbons (Fsp3) is 0.0345. The molecule has 0 bridgehead atoms. The van der Waals surface area contributed by atoms with Crippen LogP contribution in [0.2, 0.25) is 0 Å². The predicted molar refractivity (Wildman–Crippen MR) is 146 cm³/mol. The fourth-order valence-corrected chi connectivity index (χ4v) is 7.90. The van der Waals surface area contributed by atoms with Crippen LogP contribution in [0.1, 0.15) is 17.5 Å². The molecule has 1 N–H and O–H groups in total. The minimum absolute atomic E-state index is 0.0300. The van der Waals surface area contributed by atoms with E-state index < -0.39 is 26.2 Å². The molecule has 0 aliphatic carbocycles. The molecule has 2 heterocycles. The van der Waals surface area contributed by atoms with Crippen molar-refractivity contribution in [1.82, 2.24) is 7.94 Å². The second-order valence-corrected chi connectivity index (χ2v) is 12.4. The lowest BCUT2D eigenvalue weighted by Crippen LogP contribution is -2.22. The van der Waals surface area contributed by atoms with E-state index in [1.54, 1.807) is 97.1 Å². The molecule has 0 amide bonds. The zero-order valence-electron chi connectivity index (χ0n) is 19.9. The first kappa shape index (κ1) is 24.2. The first-order valence-corrected chi connectivity index (χ1v) is 14.7. The highest BCUT2D eigenvalue weighted by atomic mass is 32.2. The molecule has 0 saturated carbocycles. The van der Waals surface area contributed by atoms with Crippen molar-refractivity contribution < 1.29 is 21.9 Å². The van der Waals surface area contributed by atoms with Gasteiger partial charge in [-0.1, -0.05) is 72.8 Å². The topological polar surface area (TPSA) is 98.4 Å². The molecule has 190 valence electrons. The minimum Gasteiger partial charge on any atom is -0.380 e. The molecule has 0 radical (unpaired) electrons. The number of aliphatic hydroxyl groups is 1. The quantitative estimate of drug-likeness (QED) is 0.314. The molecule has 0 aliphatic rings. The van der Waals surface area contributed by atoms with Gasteiger partial charge in [0, 0.05) is 10.8 Å². The third-order valence-corrected chi connectivity index (χ3v) is 10.0. The number of aromatic nitrogens is 2. The number of benzene rings is 4. The number of hydrogen-bond acceptors (Lipinski definition) is 5. The molecular weight excluding hydrogens is 520 g/mol. The van der Waals surface area contributed by atoms with Gasteiger partial charge < -0.3 is 5.11 Å². The van der Waals surface area contributed by atoms with Crippen LogP contribution in [0, 0.1) is 0 Å². The Hall–Kier alpha value is -4.18. The molecule has 6 aromatic rings. The van der Waals surface area contributed by atoms with E-state index in [-0.39, 0.29) is 21.2 Å². The van der Waals surface area contributed by atoms with Gasteiger partial charge in [-0.25, -0.2) is 24.8 Å². The van der Waals surface area contributed by atoms with Gasteiger partial charge in [-0.3, -0.25) is 0 Å². The molecule has 38 heavy (non-hydrogen) atoms. The summed E-state index contributed by atoms with van der Waals surface area (Å²) in [5.74, 6) is 0. The van der Waals surface area contributed by atoms with Crippen molar-refractivity contribution in [2.24, 2.45) is 0 Å². The van der Waals surface area contributed by atoms with Crippen molar-refractivity contribution in [2.75, 3.05) is 0 Å². The lowest BCUT2D eigenvalue weighted by atomic mass is 10.1. The Balaban J connectivity index is 1.64. The number of fused-ring (bicyclic) bond motifs is 2. The second kappa shape index (κ2) is 8.98. The summed E-state index contributed by atoms with van der Waals surface area (Å²) < 4.78 is 57.7. The van der Waals surface area contributed by atoms with Gasteiger partial charge in [-0.05, 0) is 48.5 Å². The van der Waals surface area contributed by atoms with Crippen LogP contribution in [-0.4, -0.2) is 29.9 Å². The van der Waals surface area contributed by atoms with Gasteiger partial charge in [0.05, 0.1) is 32.2 Å². The summed E-state index contributed by atoms with van der Waals surface area (Å²) in [4.78, 5) is 0.0968. The van der Waals surface area contributed by atoms with Crippen molar-refractivity contribution in [3.05, 3.63) is 133 Å². The summed E-state index contributed by atoms with van der Waals surface area (Å²) in [7, 11) is -8.28. The van der Waals surface area contributed by atoms with Crippen LogP contribution < -0.4 is 0 Å². The van der Waals surface area contributed by atoms with E-state index in [4.69, 9.17) is 0 Å². The monoisotopic (exact) mass is 542 g/mol. The van der Waals surface area contributed by atoms with E-state index in [1.165, 1.54) is 24.3 Å². The van der Waals surface area contributed by atoms with E-state index in [1.807, 2.05) is 0 Å². The number of aliphatic hydroxyl groups excluding tert-OH is 1. The summed E-state index contributed by atoms with van der Waals surface area (Å²) in [6.45, 7) is 0. The van der Waals surface area contributed by atoms with Crippen molar-refractivity contribution in [3.63, 3.8) is 0 Å². The molecule has 0 spiro atoms. The SMILES string of the molecule is O=S(=O)(c1ccccc1)n1c(C(O)c2cc3ccccc3n2S(=O)(=O)c2ccccc2)cc2ccccc21. The van der Waals surface area contributed by atoms with E-state index in [0.29, 0.717) is 21.8 Å². The van der Waals surface area contributed by atoms with Gasteiger partial charge >= 0.3 is 0 Å². The molecule has 4 aromatic carbocycles. The zero-order chi connectivity index (χ0) is 26.5. The number of para-hydroxylation sites is 2.